The maximum Gasteiger partial charge on any atom is 0.310 e. The number of allylic oxidation sites excluding steroid dienone is 2. The van der Waals surface area contributed by atoms with Crippen molar-refractivity contribution >= 4 is 11.9 Å². The number of carbonyl (C=O) groups is 2. The Morgan fingerprint density at radius 2 is 1.96 bits per heavy atom. The van der Waals surface area contributed by atoms with Crippen LogP contribution in [-0.4, -0.2) is 23.6 Å². The fourth-order valence-electron chi connectivity index (χ4n) is 7.70. The van der Waals surface area contributed by atoms with E-state index in [1.807, 2.05) is 6.92 Å². The van der Waals surface area contributed by atoms with Crippen LogP contribution < -0.4 is 0 Å². The van der Waals surface area contributed by atoms with Gasteiger partial charge in [0, 0.05) is 5.92 Å². The molecule has 4 fully saturated rings. The van der Waals surface area contributed by atoms with Crippen LogP contribution in [0, 0.1) is 40.9 Å². The molecule has 0 N–H and O–H groups in total. The lowest BCUT2D eigenvalue weighted by atomic mass is 9.73. The third kappa shape index (κ3) is 2.77. The molecule has 0 heterocycles. The summed E-state index contributed by atoms with van der Waals surface area (Å²) in [6.45, 7) is 6.36. The largest absolute Gasteiger partial charge is 0.462 e. The van der Waals surface area contributed by atoms with E-state index in [1.165, 1.54) is 25.7 Å². The minimum Gasteiger partial charge on any atom is -0.462 e. The third-order valence-electron chi connectivity index (χ3n) is 8.77. The number of ether oxygens (including phenoxy) is 2. The van der Waals surface area contributed by atoms with Gasteiger partial charge < -0.3 is 9.47 Å². The van der Waals surface area contributed by atoms with Crippen molar-refractivity contribution in [3.63, 3.8) is 0 Å². The smallest absolute Gasteiger partial charge is 0.310 e. The average molecular weight is 387 g/mol. The van der Waals surface area contributed by atoms with Crippen molar-refractivity contribution in [2.24, 2.45) is 40.9 Å². The van der Waals surface area contributed by atoms with Crippen LogP contribution in [0.15, 0.2) is 12.2 Å². The van der Waals surface area contributed by atoms with E-state index in [4.69, 9.17) is 9.47 Å². The molecule has 4 saturated carbocycles. The van der Waals surface area contributed by atoms with E-state index in [0.717, 1.165) is 25.2 Å². The molecule has 0 aromatic rings. The summed E-state index contributed by atoms with van der Waals surface area (Å²) in [4.78, 5) is 25.3. The van der Waals surface area contributed by atoms with E-state index in [9.17, 15) is 9.59 Å². The molecular weight excluding hydrogens is 352 g/mol. The van der Waals surface area contributed by atoms with Crippen molar-refractivity contribution in [2.75, 3.05) is 0 Å². The van der Waals surface area contributed by atoms with Crippen molar-refractivity contribution in [1.82, 2.24) is 0 Å². The molecule has 0 radical (unpaired) electrons. The Morgan fingerprint density at radius 1 is 1.14 bits per heavy atom. The number of carbonyl (C=O) groups excluding carboxylic acids is 2. The Kier molecular flexibility index (Phi) is 4.23. The first-order valence-corrected chi connectivity index (χ1v) is 11.5. The summed E-state index contributed by atoms with van der Waals surface area (Å²) in [7, 11) is 0. The molecule has 4 heteroatoms. The molecule has 5 aliphatic carbocycles. The molecule has 4 nitrogen and oxygen atoms in total. The van der Waals surface area contributed by atoms with Crippen LogP contribution in [0.25, 0.3) is 0 Å². The molecular formula is C24H34O4. The summed E-state index contributed by atoms with van der Waals surface area (Å²) in [6, 6.07) is 0. The van der Waals surface area contributed by atoms with Gasteiger partial charge in [-0.2, -0.15) is 0 Å². The van der Waals surface area contributed by atoms with Gasteiger partial charge in [-0.3, -0.25) is 9.59 Å². The lowest BCUT2D eigenvalue weighted by Crippen LogP contribution is -2.43. The molecule has 28 heavy (non-hydrogen) atoms. The minimum atomic E-state index is -0.412. The zero-order chi connectivity index (χ0) is 19.7. The van der Waals surface area contributed by atoms with Crippen molar-refractivity contribution in [2.45, 2.75) is 83.8 Å². The summed E-state index contributed by atoms with van der Waals surface area (Å²) in [5.74, 6) is 2.37. The van der Waals surface area contributed by atoms with Gasteiger partial charge in [-0.1, -0.05) is 26.0 Å². The van der Waals surface area contributed by atoms with Gasteiger partial charge >= 0.3 is 11.9 Å². The predicted octanol–water partition coefficient (Wildman–Crippen LogP) is 4.67. The van der Waals surface area contributed by atoms with Crippen LogP contribution in [0.4, 0.5) is 0 Å². The highest BCUT2D eigenvalue weighted by molar-refractivity contribution is 5.75. The van der Waals surface area contributed by atoms with Gasteiger partial charge in [0.1, 0.15) is 11.7 Å². The van der Waals surface area contributed by atoms with Crippen LogP contribution in [0.5, 0.6) is 0 Å². The van der Waals surface area contributed by atoms with Crippen LogP contribution in [-0.2, 0) is 19.1 Å². The summed E-state index contributed by atoms with van der Waals surface area (Å²) >= 11 is 0. The van der Waals surface area contributed by atoms with E-state index in [-0.39, 0.29) is 29.9 Å². The molecule has 0 aromatic carbocycles. The monoisotopic (exact) mass is 386 g/mol. The van der Waals surface area contributed by atoms with Gasteiger partial charge in [0.2, 0.25) is 0 Å². The molecule has 5 rings (SSSR count). The summed E-state index contributed by atoms with van der Waals surface area (Å²) in [6.07, 6.45) is 12.0. The Labute approximate surface area is 168 Å². The van der Waals surface area contributed by atoms with Crippen molar-refractivity contribution in [1.29, 1.82) is 0 Å². The highest BCUT2D eigenvalue weighted by atomic mass is 16.6. The molecule has 5 aliphatic rings. The topological polar surface area (TPSA) is 52.6 Å². The van der Waals surface area contributed by atoms with Crippen LogP contribution in [0.1, 0.15) is 72.1 Å². The van der Waals surface area contributed by atoms with E-state index < -0.39 is 6.10 Å². The van der Waals surface area contributed by atoms with Gasteiger partial charge in [0.05, 0.1) is 12.3 Å². The number of fused-ring (bicyclic) bond motifs is 3. The van der Waals surface area contributed by atoms with E-state index >= 15 is 0 Å². The second kappa shape index (κ2) is 6.34. The predicted molar refractivity (Wildman–Crippen MR) is 105 cm³/mol. The molecule has 0 amide bonds. The van der Waals surface area contributed by atoms with Gasteiger partial charge in [0.25, 0.3) is 0 Å². The summed E-state index contributed by atoms with van der Waals surface area (Å²) in [5.41, 5.74) is 0.201. The molecule has 9 unspecified atom stereocenters. The number of hydrogen-bond acceptors (Lipinski definition) is 4. The molecule has 9 atom stereocenters. The van der Waals surface area contributed by atoms with E-state index in [2.05, 4.69) is 26.0 Å². The highest BCUT2D eigenvalue weighted by Crippen LogP contribution is 2.77. The number of esters is 2. The molecule has 0 aromatic heterocycles. The zero-order valence-corrected chi connectivity index (χ0v) is 17.5. The fourth-order valence-corrected chi connectivity index (χ4v) is 7.70. The van der Waals surface area contributed by atoms with E-state index in [1.54, 1.807) is 0 Å². The lowest BCUT2D eigenvalue weighted by molar-refractivity contribution is -0.173. The zero-order valence-electron chi connectivity index (χ0n) is 17.5. The maximum atomic E-state index is 12.8. The van der Waals surface area contributed by atoms with Gasteiger partial charge in [-0.25, -0.2) is 0 Å². The Morgan fingerprint density at radius 3 is 2.64 bits per heavy atom. The van der Waals surface area contributed by atoms with Crippen LogP contribution in [0.3, 0.4) is 0 Å². The van der Waals surface area contributed by atoms with Crippen molar-refractivity contribution in [3.05, 3.63) is 12.2 Å². The molecule has 1 spiro atoms. The van der Waals surface area contributed by atoms with Crippen molar-refractivity contribution in [3.8, 4) is 0 Å². The summed E-state index contributed by atoms with van der Waals surface area (Å²) < 4.78 is 11.9. The summed E-state index contributed by atoms with van der Waals surface area (Å²) in [5, 5.41) is 0. The third-order valence-corrected chi connectivity index (χ3v) is 8.77. The highest BCUT2D eigenvalue weighted by Gasteiger charge is 2.74. The molecule has 154 valence electrons. The Balaban J connectivity index is 1.18. The SMILES string of the molecule is CCC1(OC(=O)CC(C)OC(=O)C2CC3C=CC2C3)C2CC(C)CC3(C2)CC31. The van der Waals surface area contributed by atoms with Crippen LogP contribution in [0.2, 0.25) is 0 Å². The number of rotatable bonds is 6. The lowest BCUT2D eigenvalue weighted by Gasteiger charge is -2.39. The maximum absolute atomic E-state index is 12.8. The van der Waals surface area contributed by atoms with Crippen LogP contribution >= 0.6 is 0 Å². The van der Waals surface area contributed by atoms with Crippen molar-refractivity contribution < 1.29 is 19.1 Å². The second-order valence-electron chi connectivity index (χ2n) is 10.7. The van der Waals surface area contributed by atoms with Gasteiger partial charge in [-0.15, -0.1) is 0 Å². The number of hydrogen-bond donors (Lipinski definition) is 0. The second-order valence-corrected chi connectivity index (χ2v) is 10.7. The molecule has 0 aliphatic heterocycles. The van der Waals surface area contributed by atoms with Gasteiger partial charge in [-0.05, 0) is 81.0 Å². The Hall–Kier alpha value is -1.32. The standard InChI is InChI=1S/C24H34O4/c1-4-24(18-7-14(2)11-23(12-18)13-20(23)24)28-21(25)8-15(3)27-22(26)19-10-16-5-6-17(19)9-16/h5-6,14-20H,4,7-13H2,1-3H3. The molecule has 0 saturated heterocycles. The normalized spacial score (nSPS) is 48.2. The minimum absolute atomic E-state index is 0.0163. The quantitative estimate of drug-likeness (QED) is 0.492. The first kappa shape index (κ1) is 18.7. The molecule has 4 bridgehead atoms. The first-order chi connectivity index (χ1) is 13.3. The fraction of sp³-hybridized carbons (Fsp3) is 0.833. The van der Waals surface area contributed by atoms with Gasteiger partial charge in [0.15, 0.2) is 0 Å². The van der Waals surface area contributed by atoms with E-state index in [0.29, 0.717) is 29.1 Å². The average Bonchev–Trinajstić information content (AvgIpc) is 2.98. The first-order valence-electron chi connectivity index (χ1n) is 11.5. The Bertz CT molecular complexity index is 713.